The van der Waals surface area contributed by atoms with Crippen molar-refractivity contribution in [3.8, 4) is 0 Å². The summed E-state index contributed by atoms with van der Waals surface area (Å²) in [6, 6.07) is 8.41. The van der Waals surface area contributed by atoms with E-state index in [9.17, 15) is 9.59 Å². The van der Waals surface area contributed by atoms with E-state index in [-0.39, 0.29) is 18.9 Å². The Labute approximate surface area is 113 Å². The number of carbonyl (C=O) groups excluding carboxylic acids is 1. The molecule has 0 aliphatic carbocycles. The van der Waals surface area contributed by atoms with Gasteiger partial charge in [-0.2, -0.15) is 0 Å². The summed E-state index contributed by atoms with van der Waals surface area (Å²) in [5.41, 5.74) is 2.54. The first-order valence-electron chi connectivity index (χ1n) is 6.62. The first-order valence-corrected chi connectivity index (χ1v) is 6.62. The minimum atomic E-state index is -0.889. The van der Waals surface area contributed by atoms with Crippen molar-refractivity contribution in [2.45, 2.75) is 39.0 Å². The fourth-order valence-electron chi connectivity index (χ4n) is 1.77. The summed E-state index contributed by atoms with van der Waals surface area (Å²) in [6.07, 6.45) is 3.21. The van der Waals surface area contributed by atoms with Crippen molar-refractivity contribution in [1.82, 2.24) is 5.32 Å². The zero-order valence-corrected chi connectivity index (χ0v) is 11.3. The van der Waals surface area contributed by atoms with Crippen molar-refractivity contribution in [2.75, 3.05) is 6.54 Å². The lowest BCUT2D eigenvalue weighted by molar-refractivity contribution is -0.136. The van der Waals surface area contributed by atoms with Crippen LogP contribution < -0.4 is 5.32 Å². The van der Waals surface area contributed by atoms with Gasteiger partial charge in [-0.05, 0) is 31.7 Å². The molecule has 0 aromatic heterocycles. The molecule has 1 rings (SSSR count). The Morgan fingerprint density at radius 1 is 1.11 bits per heavy atom. The lowest BCUT2D eigenvalue weighted by Crippen LogP contribution is -2.25. The van der Waals surface area contributed by atoms with Crippen LogP contribution >= 0.6 is 0 Å². The zero-order valence-electron chi connectivity index (χ0n) is 11.3. The highest BCUT2D eigenvalue weighted by molar-refractivity contribution is 5.76. The van der Waals surface area contributed by atoms with E-state index < -0.39 is 5.97 Å². The summed E-state index contributed by atoms with van der Waals surface area (Å²) < 4.78 is 0. The second kappa shape index (κ2) is 8.29. The van der Waals surface area contributed by atoms with E-state index in [1.165, 1.54) is 11.1 Å². The van der Waals surface area contributed by atoms with Crippen molar-refractivity contribution >= 4 is 11.9 Å². The highest BCUT2D eigenvalue weighted by Crippen LogP contribution is 2.08. The van der Waals surface area contributed by atoms with Crippen LogP contribution in [0.25, 0.3) is 0 Å². The molecule has 1 aromatic rings. The van der Waals surface area contributed by atoms with Gasteiger partial charge in [0.2, 0.25) is 5.91 Å². The molecule has 0 spiro atoms. The van der Waals surface area contributed by atoms with Crippen LogP contribution in [-0.2, 0) is 16.0 Å². The van der Waals surface area contributed by atoms with Crippen molar-refractivity contribution in [3.05, 3.63) is 35.4 Å². The van der Waals surface area contributed by atoms with Gasteiger partial charge in [0.15, 0.2) is 0 Å². The van der Waals surface area contributed by atoms with E-state index in [0.29, 0.717) is 6.42 Å². The number of hydrogen-bond acceptors (Lipinski definition) is 2. The van der Waals surface area contributed by atoms with Crippen molar-refractivity contribution in [2.24, 2.45) is 0 Å². The molecule has 19 heavy (non-hydrogen) atoms. The summed E-state index contributed by atoms with van der Waals surface area (Å²) in [4.78, 5) is 21.6. The molecular weight excluding hydrogens is 242 g/mol. The Bertz CT molecular complexity index is 412. The number of carbonyl (C=O) groups is 2. The molecule has 0 fully saturated rings. The molecule has 4 heteroatoms. The Morgan fingerprint density at radius 3 is 2.42 bits per heavy atom. The molecule has 0 radical (unpaired) electrons. The van der Waals surface area contributed by atoms with Crippen LogP contribution in [0, 0.1) is 6.92 Å². The van der Waals surface area contributed by atoms with Crippen LogP contribution in [0.2, 0.25) is 0 Å². The molecule has 0 aliphatic heterocycles. The van der Waals surface area contributed by atoms with Gasteiger partial charge in [-0.1, -0.05) is 29.8 Å². The van der Waals surface area contributed by atoms with Gasteiger partial charge in [0.1, 0.15) is 0 Å². The highest BCUT2D eigenvalue weighted by atomic mass is 16.4. The van der Waals surface area contributed by atoms with Gasteiger partial charge in [-0.3, -0.25) is 9.59 Å². The molecular formula is C15H21NO3. The molecule has 104 valence electrons. The van der Waals surface area contributed by atoms with Crippen LogP contribution in [0.15, 0.2) is 24.3 Å². The lowest BCUT2D eigenvalue weighted by atomic mass is 10.1. The molecule has 2 N–H and O–H groups in total. The molecule has 0 heterocycles. The Morgan fingerprint density at radius 2 is 1.79 bits per heavy atom. The Balaban J connectivity index is 2.08. The predicted molar refractivity (Wildman–Crippen MR) is 74.0 cm³/mol. The van der Waals surface area contributed by atoms with Gasteiger partial charge in [0.05, 0.1) is 6.42 Å². The smallest absolute Gasteiger partial charge is 0.305 e. The molecule has 0 atom stereocenters. The number of aryl methyl sites for hydroxylation is 2. The van der Waals surface area contributed by atoms with Crippen LogP contribution in [0.4, 0.5) is 0 Å². The number of amides is 1. The third kappa shape index (κ3) is 7.24. The fourth-order valence-corrected chi connectivity index (χ4v) is 1.77. The summed E-state index contributed by atoms with van der Waals surface area (Å²) in [7, 11) is 0. The van der Waals surface area contributed by atoms with Crippen molar-refractivity contribution in [3.63, 3.8) is 0 Å². The molecule has 0 unspecified atom stereocenters. The third-order valence-corrected chi connectivity index (χ3v) is 2.90. The van der Waals surface area contributed by atoms with E-state index in [1.54, 1.807) is 0 Å². The number of nitrogens with one attached hydrogen (secondary N) is 1. The first-order chi connectivity index (χ1) is 9.08. The van der Waals surface area contributed by atoms with Gasteiger partial charge >= 0.3 is 5.97 Å². The number of rotatable bonds is 8. The molecule has 0 aliphatic rings. The maximum Gasteiger partial charge on any atom is 0.305 e. The number of carboxylic acid groups (broad SMARTS) is 1. The van der Waals surface area contributed by atoms with Gasteiger partial charge < -0.3 is 10.4 Å². The van der Waals surface area contributed by atoms with Crippen molar-refractivity contribution in [1.29, 1.82) is 0 Å². The van der Waals surface area contributed by atoms with E-state index in [2.05, 4.69) is 36.5 Å². The van der Waals surface area contributed by atoms with E-state index in [1.807, 2.05) is 0 Å². The van der Waals surface area contributed by atoms with Gasteiger partial charge in [0, 0.05) is 13.0 Å². The second-order valence-corrected chi connectivity index (χ2v) is 4.69. The summed E-state index contributed by atoms with van der Waals surface area (Å²) >= 11 is 0. The van der Waals surface area contributed by atoms with E-state index in [4.69, 9.17) is 5.11 Å². The molecule has 0 saturated heterocycles. The van der Waals surface area contributed by atoms with E-state index in [0.717, 1.165) is 19.3 Å². The zero-order chi connectivity index (χ0) is 14.1. The minimum Gasteiger partial charge on any atom is -0.481 e. The summed E-state index contributed by atoms with van der Waals surface area (Å²) in [5.74, 6) is -0.954. The number of unbranched alkanes of at least 4 members (excludes halogenated alkanes) is 1. The molecule has 0 bridgehead atoms. The lowest BCUT2D eigenvalue weighted by Gasteiger charge is -2.04. The SMILES string of the molecule is Cc1ccc(CCCCC(=O)NCCC(=O)O)cc1. The average molecular weight is 263 g/mol. The minimum absolute atomic E-state index is 0.0187. The molecule has 1 aromatic carbocycles. The van der Waals surface area contributed by atoms with Gasteiger partial charge in [-0.25, -0.2) is 0 Å². The first kappa shape index (κ1) is 15.2. The second-order valence-electron chi connectivity index (χ2n) is 4.69. The maximum atomic E-state index is 11.4. The van der Waals surface area contributed by atoms with Crippen molar-refractivity contribution < 1.29 is 14.7 Å². The number of benzene rings is 1. The highest BCUT2D eigenvalue weighted by Gasteiger charge is 2.02. The molecule has 1 amide bonds. The van der Waals surface area contributed by atoms with Gasteiger partial charge in [-0.15, -0.1) is 0 Å². The third-order valence-electron chi connectivity index (χ3n) is 2.90. The number of hydrogen-bond donors (Lipinski definition) is 2. The van der Waals surface area contributed by atoms with Crippen LogP contribution in [-0.4, -0.2) is 23.5 Å². The monoisotopic (exact) mass is 263 g/mol. The maximum absolute atomic E-state index is 11.4. The quantitative estimate of drug-likeness (QED) is 0.707. The Kier molecular flexibility index (Phi) is 6.64. The fraction of sp³-hybridized carbons (Fsp3) is 0.467. The number of aliphatic carboxylic acids is 1. The predicted octanol–water partition coefficient (Wildman–Crippen LogP) is 2.30. The standard InChI is InChI=1S/C15H21NO3/c1-12-6-8-13(9-7-12)4-2-3-5-14(17)16-11-10-15(18)19/h6-9H,2-5,10-11H2,1H3,(H,16,17)(H,18,19). The van der Waals surface area contributed by atoms with Crippen LogP contribution in [0.5, 0.6) is 0 Å². The van der Waals surface area contributed by atoms with Crippen LogP contribution in [0.1, 0.15) is 36.8 Å². The normalized spacial score (nSPS) is 10.2. The number of carboxylic acids is 1. The van der Waals surface area contributed by atoms with E-state index >= 15 is 0 Å². The average Bonchev–Trinajstić information content (AvgIpc) is 2.36. The Hall–Kier alpha value is -1.84. The summed E-state index contributed by atoms with van der Waals surface area (Å²) in [5, 5.41) is 11.0. The largest absolute Gasteiger partial charge is 0.481 e. The topological polar surface area (TPSA) is 66.4 Å². The van der Waals surface area contributed by atoms with Crippen LogP contribution in [0.3, 0.4) is 0 Å². The molecule has 0 saturated carbocycles. The molecule has 4 nitrogen and oxygen atoms in total. The van der Waals surface area contributed by atoms with Gasteiger partial charge in [0.25, 0.3) is 0 Å². The summed E-state index contributed by atoms with van der Waals surface area (Å²) in [6.45, 7) is 2.28.